The summed E-state index contributed by atoms with van der Waals surface area (Å²) in [6.07, 6.45) is -4.33. The molecule has 2 aromatic carbocycles. The third kappa shape index (κ3) is 3.57. The van der Waals surface area contributed by atoms with Gasteiger partial charge < -0.3 is 0 Å². The molecule has 2 aromatic rings. The first-order valence-electron chi connectivity index (χ1n) is 5.27. The molecule has 2 nitrogen and oxygen atoms in total. The molecular weight excluding hydrogens is 275 g/mol. The number of halogens is 3. The Kier molecular flexibility index (Phi) is 3.90. The Morgan fingerprint density at radius 2 is 1.63 bits per heavy atom. The maximum absolute atomic E-state index is 12.4. The molecule has 6 heteroatoms. The summed E-state index contributed by atoms with van der Waals surface area (Å²) in [6, 6.07) is 11.4. The molecule has 0 unspecified atom stereocenters. The first kappa shape index (κ1) is 13.6. The number of hydrogen-bond acceptors (Lipinski definition) is 3. The Labute approximate surface area is 111 Å². The van der Waals surface area contributed by atoms with Crippen LogP contribution in [0.4, 0.5) is 18.9 Å². The lowest BCUT2D eigenvalue weighted by molar-refractivity contribution is -0.137. The van der Waals surface area contributed by atoms with Crippen LogP contribution in [0.5, 0.6) is 0 Å². The maximum atomic E-state index is 12.4. The molecular formula is C13H8F3NOS. The average molecular weight is 283 g/mol. The van der Waals surface area contributed by atoms with E-state index in [4.69, 9.17) is 0 Å². The number of benzene rings is 2. The molecule has 0 aliphatic rings. The second kappa shape index (κ2) is 5.44. The minimum Gasteiger partial charge on any atom is -0.166 e. The lowest BCUT2D eigenvalue weighted by atomic mass is 10.2. The number of alkyl halides is 3. The van der Waals surface area contributed by atoms with Crippen molar-refractivity contribution in [3.05, 3.63) is 59.0 Å². The molecule has 98 valence electrons. The van der Waals surface area contributed by atoms with Crippen LogP contribution in [-0.2, 0) is 6.18 Å². The maximum Gasteiger partial charge on any atom is 0.416 e. The highest BCUT2D eigenvalue weighted by Gasteiger charge is 2.29. The summed E-state index contributed by atoms with van der Waals surface area (Å²) in [4.78, 5) is 11.8. The van der Waals surface area contributed by atoms with Crippen LogP contribution in [0.25, 0.3) is 0 Å². The normalized spacial score (nSPS) is 11.3. The second-order valence-corrected chi connectivity index (χ2v) is 4.86. The number of hydrogen-bond donors (Lipinski definition) is 0. The van der Waals surface area contributed by atoms with Crippen molar-refractivity contribution >= 4 is 17.4 Å². The van der Waals surface area contributed by atoms with Crippen molar-refractivity contribution in [3.63, 3.8) is 0 Å². The minimum atomic E-state index is -4.33. The van der Waals surface area contributed by atoms with Crippen molar-refractivity contribution in [2.45, 2.75) is 16.0 Å². The monoisotopic (exact) mass is 283 g/mol. The fourth-order valence-corrected chi connectivity index (χ4v) is 2.32. The van der Waals surface area contributed by atoms with Crippen LogP contribution >= 0.6 is 11.8 Å². The highest BCUT2D eigenvalue weighted by Crippen LogP contribution is 2.33. The highest BCUT2D eigenvalue weighted by molar-refractivity contribution is 7.99. The van der Waals surface area contributed by atoms with Gasteiger partial charge in [0.05, 0.1) is 5.56 Å². The van der Waals surface area contributed by atoms with Gasteiger partial charge in [-0.2, -0.15) is 13.2 Å². The van der Waals surface area contributed by atoms with Gasteiger partial charge in [-0.1, -0.05) is 17.8 Å². The van der Waals surface area contributed by atoms with Crippen molar-refractivity contribution < 1.29 is 13.2 Å². The average Bonchev–Trinajstić information content (AvgIpc) is 2.38. The van der Waals surface area contributed by atoms with E-state index >= 15 is 0 Å². The Morgan fingerprint density at radius 1 is 0.947 bits per heavy atom. The van der Waals surface area contributed by atoms with Gasteiger partial charge in [0.2, 0.25) is 0 Å². The summed E-state index contributed by atoms with van der Waals surface area (Å²) < 4.78 is 37.2. The van der Waals surface area contributed by atoms with Gasteiger partial charge in [-0.25, -0.2) is 0 Å². The molecule has 0 aliphatic heterocycles. The summed E-state index contributed by atoms with van der Waals surface area (Å²) in [5, 5.41) is 2.81. The van der Waals surface area contributed by atoms with E-state index in [-0.39, 0.29) is 5.69 Å². The lowest BCUT2D eigenvalue weighted by Crippen LogP contribution is -2.03. The predicted molar refractivity (Wildman–Crippen MR) is 67.5 cm³/mol. The van der Waals surface area contributed by atoms with E-state index in [0.717, 1.165) is 17.0 Å². The number of rotatable bonds is 3. The molecule has 0 amide bonds. The zero-order chi connectivity index (χ0) is 13.9. The van der Waals surface area contributed by atoms with Gasteiger partial charge in [0.25, 0.3) is 0 Å². The molecule has 0 fully saturated rings. The molecule has 0 bridgehead atoms. The third-order valence-corrected chi connectivity index (χ3v) is 3.34. The van der Waals surface area contributed by atoms with Gasteiger partial charge in [-0.3, -0.25) is 0 Å². The SMILES string of the molecule is O=Nc1cccc(Sc2ccc(C(F)(F)F)cc2)c1. The molecule has 0 aliphatic carbocycles. The van der Waals surface area contributed by atoms with Gasteiger partial charge in [0, 0.05) is 9.79 Å². The Bertz CT molecular complexity index is 581. The van der Waals surface area contributed by atoms with Crippen LogP contribution in [0.1, 0.15) is 5.56 Å². The van der Waals surface area contributed by atoms with Crippen molar-refractivity contribution in [2.75, 3.05) is 0 Å². The van der Waals surface area contributed by atoms with Gasteiger partial charge in [-0.15, -0.1) is 4.91 Å². The summed E-state index contributed by atoms with van der Waals surface area (Å²) in [5.74, 6) is 0. The van der Waals surface area contributed by atoms with Crippen molar-refractivity contribution in [2.24, 2.45) is 5.18 Å². The van der Waals surface area contributed by atoms with Crippen LogP contribution in [-0.4, -0.2) is 0 Å². The highest BCUT2D eigenvalue weighted by atomic mass is 32.2. The molecule has 19 heavy (non-hydrogen) atoms. The van der Waals surface area contributed by atoms with E-state index in [1.165, 1.54) is 23.9 Å². The topological polar surface area (TPSA) is 29.4 Å². The number of nitroso groups, excluding NO2 is 1. The molecule has 0 heterocycles. The fraction of sp³-hybridized carbons (Fsp3) is 0.0769. The van der Waals surface area contributed by atoms with Crippen LogP contribution in [0, 0.1) is 4.91 Å². The Balaban J connectivity index is 2.17. The molecule has 2 rings (SSSR count). The first-order valence-corrected chi connectivity index (χ1v) is 6.09. The van der Waals surface area contributed by atoms with Gasteiger partial charge in [0.15, 0.2) is 0 Å². The van der Waals surface area contributed by atoms with Crippen molar-refractivity contribution in [1.82, 2.24) is 0 Å². The van der Waals surface area contributed by atoms with Crippen LogP contribution in [0.2, 0.25) is 0 Å². The Hall–Kier alpha value is -1.82. The number of nitrogens with zero attached hydrogens (tertiary/aromatic N) is 1. The fourth-order valence-electron chi connectivity index (χ4n) is 1.45. The largest absolute Gasteiger partial charge is 0.416 e. The van der Waals surface area contributed by atoms with E-state index < -0.39 is 11.7 Å². The molecule has 0 atom stereocenters. The second-order valence-electron chi connectivity index (χ2n) is 3.71. The van der Waals surface area contributed by atoms with E-state index in [1.54, 1.807) is 24.3 Å². The summed E-state index contributed by atoms with van der Waals surface area (Å²) in [5.41, 5.74) is -0.392. The molecule has 0 radical (unpaired) electrons. The summed E-state index contributed by atoms with van der Waals surface area (Å²) in [7, 11) is 0. The molecule has 0 spiro atoms. The third-order valence-electron chi connectivity index (χ3n) is 2.34. The van der Waals surface area contributed by atoms with Gasteiger partial charge in [0.1, 0.15) is 5.69 Å². The van der Waals surface area contributed by atoms with Crippen molar-refractivity contribution in [3.8, 4) is 0 Å². The predicted octanol–water partition coefficient (Wildman–Crippen LogP) is 5.25. The molecule has 0 aromatic heterocycles. The van der Waals surface area contributed by atoms with Crippen LogP contribution in [0.3, 0.4) is 0 Å². The molecule has 0 saturated heterocycles. The summed E-state index contributed by atoms with van der Waals surface area (Å²) >= 11 is 1.27. The zero-order valence-electron chi connectivity index (χ0n) is 9.52. The van der Waals surface area contributed by atoms with E-state index in [0.29, 0.717) is 4.90 Å². The first-order chi connectivity index (χ1) is 8.99. The van der Waals surface area contributed by atoms with Crippen LogP contribution < -0.4 is 0 Å². The van der Waals surface area contributed by atoms with E-state index in [9.17, 15) is 18.1 Å². The lowest BCUT2D eigenvalue weighted by Gasteiger charge is -2.07. The quantitative estimate of drug-likeness (QED) is 0.719. The smallest absolute Gasteiger partial charge is 0.166 e. The Morgan fingerprint density at radius 3 is 2.21 bits per heavy atom. The van der Waals surface area contributed by atoms with Gasteiger partial charge in [-0.05, 0) is 47.6 Å². The molecule has 0 saturated carbocycles. The van der Waals surface area contributed by atoms with E-state index in [1.807, 2.05) is 0 Å². The van der Waals surface area contributed by atoms with E-state index in [2.05, 4.69) is 5.18 Å². The summed E-state index contributed by atoms with van der Waals surface area (Å²) in [6.45, 7) is 0. The zero-order valence-corrected chi connectivity index (χ0v) is 10.3. The minimum absolute atomic E-state index is 0.289. The van der Waals surface area contributed by atoms with Gasteiger partial charge >= 0.3 is 6.18 Å². The standard InChI is InChI=1S/C13H8F3NOS/c14-13(15,16)9-4-6-11(7-5-9)19-12-3-1-2-10(8-12)17-18/h1-8H. The van der Waals surface area contributed by atoms with Crippen LogP contribution in [0.15, 0.2) is 63.5 Å². The van der Waals surface area contributed by atoms with Crippen molar-refractivity contribution in [1.29, 1.82) is 0 Å². The molecule has 0 N–H and O–H groups in total.